The van der Waals surface area contributed by atoms with E-state index in [0.717, 1.165) is 0 Å². The Hall–Kier alpha value is -3.04. The van der Waals surface area contributed by atoms with Crippen LogP contribution in [0.3, 0.4) is 0 Å². The van der Waals surface area contributed by atoms with Gasteiger partial charge in [0.25, 0.3) is 0 Å². The van der Waals surface area contributed by atoms with Gasteiger partial charge < -0.3 is 24.4 Å². The van der Waals surface area contributed by atoms with Crippen molar-refractivity contribution in [2.75, 3.05) is 6.61 Å². The Labute approximate surface area is 229 Å². The Morgan fingerprint density at radius 2 is 1.72 bits per heavy atom. The number of allylic oxidation sites excluding steroid dienone is 2. The van der Waals surface area contributed by atoms with Gasteiger partial charge in [-0.1, -0.05) is 44.7 Å². The SMILES string of the molecule is C=C1CC[C@@H](OC(=O)/C(C)=C/C)[C@H]2[C@@]1(C)[C@@H](O)C(=O)C(=C)[C@]2(C)C[C@H](OC(=O)/C(C)=C/C)[C@@]1(O)COC(=O)C1. The third-order valence-electron chi connectivity index (χ3n) is 9.16. The summed E-state index contributed by atoms with van der Waals surface area (Å²) in [6.07, 6.45) is -0.0879. The zero-order valence-corrected chi connectivity index (χ0v) is 23.7. The van der Waals surface area contributed by atoms with Crippen molar-refractivity contribution in [1.29, 1.82) is 0 Å². The van der Waals surface area contributed by atoms with Gasteiger partial charge in [0.2, 0.25) is 0 Å². The fraction of sp³-hybridized carbons (Fsp3) is 0.600. The highest BCUT2D eigenvalue weighted by Crippen LogP contribution is 2.62. The number of carbonyl (C=O) groups is 4. The molecule has 3 rings (SSSR count). The average Bonchev–Trinajstić information content (AvgIpc) is 3.26. The molecule has 0 spiro atoms. The second-order valence-electron chi connectivity index (χ2n) is 11.5. The average molecular weight is 545 g/mol. The van der Waals surface area contributed by atoms with E-state index in [0.29, 0.717) is 24.0 Å². The molecule has 0 bridgehead atoms. The first-order valence-corrected chi connectivity index (χ1v) is 13.2. The van der Waals surface area contributed by atoms with Crippen LogP contribution >= 0.6 is 0 Å². The van der Waals surface area contributed by atoms with Gasteiger partial charge in [-0.15, -0.1) is 0 Å². The number of Topliss-reactive ketones (excluding diaryl/α,β-unsaturated/α-hetero) is 1. The van der Waals surface area contributed by atoms with Crippen molar-refractivity contribution in [1.82, 2.24) is 0 Å². The van der Waals surface area contributed by atoms with E-state index in [4.69, 9.17) is 14.2 Å². The molecule has 214 valence electrons. The number of hydrogen-bond donors (Lipinski definition) is 2. The first kappa shape index (κ1) is 30.5. The molecular weight excluding hydrogens is 504 g/mol. The third-order valence-corrected chi connectivity index (χ3v) is 9.16. The lowest BCUT2D eigenvalue weighted by molar-refractivity contribution is -0.185. The number of aliphatic hydroxyl groups is 2. The van der Waals surface area contributed by atoms with Crippen LogP contribution in [-0.2, 0) is 33.4 Å². The molecule has 0 radical (unpaired) electrons. The highest BCUT2D eigenvalue weighted by atomic mass is 16.6. The van der Waals surface area contributed by atoms with E-state index in [9.17, 15) is 29.4 Å². The maximum absolute atomic E-state index is 13.5. The number of esters is 3. The standard InChI is InChI=1S/C30H40O9/c1-9-16(3)26(34)38-20-12-11-18(5)29(8)24(20)28(7,19(6)23(32)25(29)33)13-21(39-27(35)17(4)10-2)30(36)14-22(31)37-15-30/h9-10,20-21,24-25,33,36H,5-6,11-15H2,1-4,7-8H3/b16-9+,17-10+/t20-,21+,24-,25+,28+,29+,30+/m1/s1. The molecule has 0 aromatic carbocycles. The summed E-state index contributed by atoms with van der Waals surface area (Å²) in [6.45, 7) is 17.8. The summed E-state index contributed by atoms with van der Waals surface area (Å²) in [4.78, 5) is 51.3. The van der Waals surface area contributed by atoms with Gasteiger partial charge in [0.05, 0.1) is 6.42 Å². The fourth-order valence-corrected chi connectivity index (χ4v) is 6.26. The van der Waals surface area contributed by atoms with Gasteiger partial charge in [-0.25, -0.2) is 9.59 Å². The molecule has 2 aliphatic carbocycles. The number of carbonyl (C=O) groups excluding carboxylic acids is 4. The van der Waals surface area contributed by atoms with Crippen molar-refractivity contribution in [2.24, 2.45) is 16.7 Å². The summed E-state index contributed by atoms with van der Waals surface area (Å²) in [5.41, 5.74) is -2.96. The molecule has 1 heterocycles. The summed E-state index contributed by atoms with van der Waals surface area (Å²) in [5.74, 6) is -3.20. The lowest BCUT2D eigenvalue weighted by atomic mass is 9.45. The van der Waals surface area contributed by atoms with E-state index < -0.39 is 77.4 Å². The minimum atomic E-state index is -1.86. The highest BCUT2D eigenvalue weighted by Gasteiger charge is 2.66. The molecule has 1 saturated heterocycles. The van der Waals surface area contributed by atoms with E-state index in [-0.39, 0.29) is 17.6 Å². The maximum Gasteiger partial charge on any atom is 0.333 e. The van der Waals surface area contributed by atoms with Gasteiger partial charge in [0, 0.05) is 27.9 Å². The molecule has 1 aliphatic heterocycles. The molecule has 9 heteroatoms. The molecule has 9 nitrogen and oxygen atoms in total. The Bertz CT molecular complexity index is 1160. The van der Waals surface area contributed by atoms with E-state index >= 15 is 0 Å². The first-order valence-electron chi connectivity index (χ1n) is 13.2. The van der Waals surface area contributed by atoms with E-state index in [1.54, 1.807) is 53.7 Å². The number of cyclic esters (lactones) is 1. The predicted molar refractivity (Wildman–Crippen MR) is 142 cm³/mol. The number of fused-ring (bicyclic) bond motifs is 1. The van der Waals surface area contributed by atoms with E-state index in [1.807, 2.05) is 0 Å². The number of ketones is 1. The lowest BCUT2D eigenvalue weighted by Crippen LogP contribution is -2.64. The lowest BCUT2D eigenvalue weighted by Gasteiger charge is -2.60. The minimum absolute atomic E-state index is 0.0497. The number of rotatable bonds is 7. The summed E-state index contributed by atoms with van der Waals surface area (Å²) in [5, 5.41) is 22.7. The van der Waals surface area contributed by atoms with Crippen molar-refractivity contribution in [3.63, 3.8) is 0 Å². The van der Waals surface area contributed by atoms with Crippen LogP contribution < -0.4 is 0 Å². The van der Waals surface area contributed by atoms with Crippen molar-refractivity contribution >= 4 is 23.7 Å². The minimum Gasteiger partial charge on any atom is -0.462 e. The van der Waals surface area contributed by atoms with Crippen molar-refractivity contribution < 1.29 is 43.6 Å². The summed E-state index contributed by atoms with van der Waals surface area (Å²) in [6, 6.07) is 0. The second-order valence-corrected chi connectivity index (χ2v) is 11.5. The molecule has 2 saturated carbocycles. The first-order chi connectivity index (χ1) is 18.1. The largest absolute Gasteiger partial charge is 0.462 e. The summed E-state index contributed by atoms with van der Waals surface area (Å²) >= 11 is 0. The molecule has 0 aromatic rings. The quantitative estimate of drug-likeness (QED) is 0.214. The van der Waals surface area contributed by atoms with Crippen LogP contribution in [0.4, 0.5) is 0 Å². The Balaban J connectivity index is 2.16. The van der Waals surface area contributed by atoms with Crippen molar-refractivity contribution in [2.45, 2.75) is 91.1 Å². The van der Waals surface area contributed by atoms with Crippen LogP contribution in [0.15, 0.2) is 47.6 Å². The molecule has 0 unspecified atom stereocenters. The van der Waals surface area contributed by atoms with E-state index in [2.05, 4.69) is 13.2 Å². The maximum atomic E-state index is 13.5. The van der Waals surface area contributed by atoms with Gasteiger partial charge in [-0.2, -0.15) is 0 Å². The molecule has 7 atom stereocenters. The fourth-order valence-electron chi connectivity index (χ4n) is 6.26. The van der Waals surface area contributed by atoms with Gasteiger partial charge in [-0.3, -0.25) is 9.59 Å². The number of aliphatic hydroxyl groups excluding tert-OH is 1. The molecule has 0 amide bonds. The number of ether oxygens (including phenoxy) is 3. The monoisotopic (exact) mass is 544 g/mol. The van der Waals surface area contributed by atoms with Gasteiger partial charge in [-0.05, 0) is 52.5 Å². The zero-order valence-electron chi connectivity index (χ0n) is 23.7. The molecule has 39 heavy (non-hydrogen) atoms. The van der Waals surface area contributed by atoms with E-state index in [1.165, 1.54) is 0 Å². The predicted octanol–water partition coefficient (Wildman–Crippen LogP) is 3.29. The van der Waals surface area contributed by atoms with Crippen LogP contribution in [0.1, 0.15) is 67.2 Å². The Morgan fingerprint density at radius 1 is 1.13 bits per heavy atom. The molecule has 3 aliphatic rings. The molecular formula is C30H40O9. The smallest absolute Gasteiger partial charge is 0.333 e. The Morgan fingerprint density at radius 3 is 2.26 bits per heavy atom. The molecule has 2 N–H and O–H groups in total. The van der Waals surface area contributed by atoms with Crippen LogP contribution in [0.2, 0.25) is 0 Å². The normalized spacial score (nSPS) is 36.3. The number of hydrogen-bond acceptors (Lipinski definition) is 9. The molecule has 3 fully saturated rings. The highest BCUT2D eigenvalue weighted by molar-refractivity contribution is 6.01. The van der Waals surface area contributed by atoms with Crippen LogP contribution in [0, 0.1) is 16.7 Å². The summed E-state index contributed by atoms with van der Waals surface area (Å²) < 4.78 is 16.8. The van der Waals surface area contributed by atoms with Crippen molar-refractivity contribution in [3.05, 3.63) is 47.6 Å². The van der Waals surface area contributed by atoms with Crippen LogP contribution in [0.5, 0.6) is 0 Å². The van der Waals surface area contributed by atoms with Gasteiger partial charge in [0.15, 0.2) is 5.78 Å². The third kappa shape index (κ3) is 5.14. The molecule has 0 aromatic heterocycles. The van der Waals surface area contributed by atoms with Gasteiger partial charge >= 0.3 is 17.9 Å². The topological polar surface area (TPSA) is 136 Å². The zero-order chi connectivity index (χ0) is 29.5. The van der Waals surface area contributed by atoms with Crippen molar-refractivity contribution in [3.8, 4) is 0 Å². The van der Waals surface area contributed by atoms with Gasteiger partial charge in [0.1, 0.15) is 30.5 Å². The second kappa shape index (κ2) is 10.8. The van der Waals surface area contributed by atoms with Crippen LogP contribution in [0.25, 0.3) is 0 Å². The van der Waals surface area contributed by atoms with Crippen LogP contribution in [-0.4, -0.2) is 64.4 Å². The summed E-state index contributed by atoms with van der Waals surface area (Å²) in [7, 11) is 0. The Kier molecular flexibility index (Phi) is 8.49.